The van der Waals surface area contributed by atoms with E-state index in [0.717, 1.165) is 4.90 Å². The summed E-state index contributed by atoms with van der Waals surface area (Å²) in [6.45, 7) is 0. The van der Waals surface area contributed by atoms with E-state index in [1.807, 2.05) is 12.1 Å². The van der Waals surface area contributed by atoms with E-state index >= 15 is 0 Å². The molecule has 0 fully saturated rings. The first-order chi connectivity index (χ1) is 15.0. The van der Waals surface area contributed by atoms with Crippen molar-refractivity contribution in [2.45, 2.75) is 9.92 Å². The van der Waals surface area contributed by atoms with Crippen molar-refractivity contribution in [1.82, 2.24) is 9.78 Å². The van der Waals surface area contributed by atoms with Crippen molar-refractivity contribution in [2.75, 3.05) is 5.32 Å². The fourth-order valence-corrected chi connectivity index (χ4v) is 3.65. The highest BCUT2D eigenvalue weighted by molar-refractivity contribution is 7.99. The van der Waals surface area contributed by atoms with Gasteiger partial charge in [-0.2, -0.15) is 9.78 Å². The fraction of sp³-hybridized carbons (Fsp3) is 0. The Morgan fingerprint density at radius 1 is 0.903 bits per heavy atom. The van der Waals surface area contributed by atoms with Gasteiger partial charge in [0.2, 0.25) is 0 Å². The van der Waals surface area contributed by atoms with Crippen molar-refractivity contribution < 1.29 is 9.18 Å². The first kappa shape index (κ1) is 20.8. The van der Waals surface area contributed by atoms with E-state index < -0.39 is 0 Å². The minimum absolute atomic E-state index is 0.288. The van der Waals surface area contributed by atoms with E-state index in [-0.39, 0.29) is 17.3 Å². The lowest BCUT2D eigenvalue weighted by molar-refractivity contribution is 0.102. The van der Waals surface area contributed by atoms with Gasteiger partial charge in [-0.1, -0.05) is 23.4 Å². The molecule has 1 amide bonds. The van der Waals surface area contributed by atoms with E-state index in [4.69, 9.17) is 11.6 Å². The van der Waals surface area contributed by atoms with Crippen molar-refractivity contribution in [3.63, 3.8) is 0 Å². The van der Waals surface area contributed by atoms with Crippen LogP contribution in [0.5, 0.6) is 0 Å². The third-order valence-corrected chi connectivity index (χ3v) is 5.47. The second kappa shape index (κ2) is 9.16. The summed E-state index contributed by atoms with van der Waals surface area (Å²) in [4.78, 5) is 25.7. The predicted molar refractivity (Wildman–Crippen MR) is 120 cm³/mol. The van der Waals surface area contributed by atoms with Crippen molar-refractivity contribution in [2.24, 2.45) is 0 Å². The molecular weight excluding hydrogens is 437 g/mol. The number of hydrogen-bond donors (Lipinski definition) is 1. The molecule has 4 rings (SSSR count). The number of nitrogens with zero attached hydrogens (tertiary/aromatic N) is 2. The second-order valence-electron chi connectivity index (χ2n) is 6.49. The Hall–Kier alpha value is -3.42. The van der Waals surface area contributed by atoms with Gasteiger partial charge in [-0.05, 0) is 78.9 Å². The first-order valence-corrected chi connectivity index (χ1v) is 10.4. The Morgan fingerprint density at radius 3 is 2.26 bits per heavy atom. The van der Waals surface area contributed by atoms with Gasteiger partial charge in [-0.15, -0.1) is 0 Å². The average Bonchev–Trinajstić information content (AvgIpc) is 2.78. The largest absolute Gasteiger partial charge is 0.322 e. The Bertz CT molecular complexity index is 1270. The van der Waals surface area contributed by atoms with Gasteiger partial charge in [0.05, 0.1) is 5.69 Å². The number of carbonyl (C=O) groups is 1. The van der Waals surface area contributed by atoms with Gasteiger partial charge < -0.3 is 5.32 Å². The fourth-order valence-electron chi connectivity index (χ4n) is 2.75. The van der Waals surface area contributed by atoms with Crippen LogP contribution in [0.1, 0.15) is 10.4 Å². The van der Waals surface area contributed by atoms with Gasteiger partial charge in [-0.25, -0.2) is 4.39 Å². The number of rotatable bonds is 5. The lowest BCUT2D eigenvalue weighted by Gasteiger charge is -2.09. The summed E-state index contributed by atoms with van der Waals surface area (Å²) in [6, 6.07) is 22.4. The lowest BCUT2D eigenvalue weighted by atomic mass is 10.2. The smallest absolute Gasteiger partial charge is 0.271 e. The van der Waals surface area contributed by atoms with E-state index in [1.54, 1.807) is 42.5 Å². The molecule has 5 nitrogen and oxygen atoms in total. The van der Waals surface area contributed by atoms with Crippen LogP contribution >= 0.6 is 23.4 Å². The summed E-state index contributed by atoms with van der Waals surface area (Å²) in [5.41, 5.74) is 1.12. The summed E-state index contributed by atoms with van der Waals surface area (Å²) < 4.78 is 14.3. The number of nitrogens with one attached hydrogen (secondary N) is 1. The molecule has 0 aliphatic heterocycles. The van der Waals surface area contributed by atoms with Gasteiger partial charge in [-0.3, -0.25) is 9.59 Å². The molecule has 0 unspecified atom stereocenters. The third kappa shape index (κ3) is 5.20. The highest BCUT2D eigenvalue weighted by Gasteiger charge is 2.09. The molecule has 0 radical (unpaired) electrons. The molecule has 0 saturated carbocycles. The molecule has 1 aromatic heterocycles. The Labute approximate surface area is 186 Å². The Morgan fingerprint density at radius 2 is 1.58 bits per heavy atom. The zero-order valence-corrected chi connectivity index (χ0v) is 17.5. The molecular formula is C23H15ClFN3O2S. The number of aromatic nitrogens is 2. The molecule has 0 saturated heterocycles. The van der Waals surface area contributed by atoms with E-state index in [9.17, 15) is 14.0 Å². The number of halogens is 2. The summed E-state index contributed by atoms with van der Waals surface area (Å²) >= 11 is 7.32. The van der Waals surface area contributed by atoms with Gasteiger partial charge in [0, 0.05) is 27.2 Å². The summed E-state index contributed by atoms with van der Waals surface area (Å²) in [7, 11) is 0. The molecule has 0 aliphatic rings. The molecule has 0 aliphatic carbocycles. The molecule has 1 N–H and O–H groups in total. The van der Waals surface area contributed by atoms with Crippen LogP contribution < -0.4 is 10.9 Å². The molecule has 0 atom stereocenters. The van der Waals surface area contributed by atoms with Gasteiger partial charge in [0.25, 0.3) is 11.5 Å². The van der Waals surface area contributed by atoms with E-state index in [2.05, 4.69) is 10.4 Å². The van der Waals surface area contributed by atoms with Crippen molar-refractivity contribution in [3.05, 3.63) is 112 Å². The standard InChI is InChI=1S/C23H15ClFN3O2S/c24-16-3-11-20(12-4-16)31-21-13-14-22(29)28(27-21)19-9-1-15(2-10-19)23(30)26-18-7-5-17(25)6-8-18/h1-14H,(H,26,30). The molecule has 0 bridgehead atoms. The number of amides is 1. The van der Waals surface area contributed by atoms with Crippen LogP contribution in [0.4, 0.5) is 10.1 Å². The molecule has 0 spiro atoms. The van der Waals surface area contributed by atoms with Gasteiger partial charge in [0.1, 0.15) is 10.8 Å². The summed E-state index contributed by atoms with van der Waals surface area (Å²) in [5, 5.41) is 8.39. The van der Waals surface area contributed by atoms with E-state index in [1.165, 1.54) is 46.8 Å². The number of hydrogen-bond acceptors (Lipinski definition) is 4. The topological polar surface area (TPSA) is 64.0 Å². The maximum Gasteiger partial charge on any atom is 0.271 e. The quantitative estimate of drug-likeness (QED) is 0.439. The van der Waals surface area contributed by atoms with Crippen LogP contribution in [0.15, 0.2) is 99.6 Å². The molecule has 8 heteroatoms. The maximum atomic E-state index is 13.0. The van der Waals surface area contributed by atoms with Crippen molar-refractivity contribution in [3.8, 4) is 5.69 Å². The van der Waals surface area contributed by atoms with Crippen LogP contribution in [-0.2, 0) is 0 Å². The first-order valence-electron chi connectivity index (χ1n) is 9.19. The van der Waals surface area contributed by atoms with Crippen LogP contribution in [0.3, 0.4) is 0 Å². The van der Waals surface area contributed by atoms with E-state index in [0.29, 0.717) is 27.0 Å². The Balaban J connectivity index is 1.52. The SMILES string of the molecule is O=C(Nc1ccc(F)cc1)c1ccc(-n2nc(Sc3ccc(Cl)cc3)ccc2=O)cc1. The number of anilines is 1. The number of carbonyl (C=O) groups excluding carboxylic acids is 1. The summed E-state index contributed by atoms with van der Waals surface area (Å²) in [6.07, 6.45) is 0. The second-order valence-corrected chi connectivity index (χ2v) is 8.02. The number of benzene rings is 3. The Kier molecular flexibility index (Phi) is 6.16. The highest BCUT2D eigenvalue weighted by atomic mass is 35.5. The molecule has 154 valence electrons. The van der Waals surface area contributed by atoms with Crippen LogP contribution in [-0.4, -0.2) is 15.7 Å². The van der Waals surface area contributed by atoms with Gasteiger partial charge in [0.15, 0.2) is 0 Å². The minimum Gasteiger partial charge on any atom is -0.322 e. The maximum absolute atomic E-state index is 13.0. The monoisotopic (exact) mass is 451 g/mol. The van der Waals surface area contributed by atoms with Crippen LogP contribution in [0.25, 0.3) is 5.69 Å². The minimum atomic E-state index is -0.378. The molecule has 31 heavy (non-hydrogen) atoms. The van der Waals surface area contributed by atoms with Crippen LogP contribution in [0, 0.1) is 5.82 Å². The van der Waals surface area contributed by atoms with Crippen molar-refractivity contribution in [1.29, 1.82) is 0 Å². The predicted octanol–water partition coefficient (Wildman–Crippen LogP) is 5.43. The summed E-state index contributed by atoms with van der Waals surface area (Å²) in [5.74, 6) is -0.720. The van der Waals surface area contributed by atoms with Crippen LogP contribution in [0.2, 0.25) is 5.02 Å². The van der Waals surface area contributed by atoms with Gasteiger partial charge >= 0.3 is 0 Å². The molecule has 4 aromatic rings. The lowest BCUT2D eigenvalue weighted by Crippen LogP contribution is -2.20. The normalized spacial score (nSPS) is 10.6. The third-order valence-electron chi connectivity index (χ3n) is 4.29. The highest BCUT2D eigenvalue weighted by Crippen LogP contribution is 2.26. The average molecular weight is 452 g/mol. The zero-order chi connectivity index (χ0) is 21.8. The molecule has 3 aromatic carbocycles. The zero-order valence-electron chi connectivity index (χ0n) is 16.0. The van der Waals surface area contributed by atoms with Crippen molar-refractivity contribution >= 4 is 35.0 Å². The molecule has 1 heterocycles.